The first kappa shape index (κ1) is 20.5. The number of hydrogen-bond donors (Lipinski definition) is 0. The smallest absolute Gasteiger partial charge is 0.266 e. The Labute approximate surface area is 173 Å². The van der Waals surface area contributed by atoms with Crippen LogP contribution < -0.4 is 18.7 Å². The molecular weight excluding hydrogens is 448 g/mol. The molecule has 0 aliphatic carbocycles. The minimum Gasteiger partial charge on any atom is -0.497 e. The van der Waals surface area contributed by atoms with Crippen LogP contribution in [0, 0.1) is 0 Å². The Morgan fingerprint density at radius 2 is 1.89 bits per heavy atom. The van der Waals surface area contributed by atoms with Crippen molar-refractivity contribution in [3.8, 4) is 11.5 Å². The third-order valence-electron chi connectivity index (χ3n) is 4.74. The average molecular weight is 469 g/mol. The van der Waals surface area contributed by atoms with Crippen LogP contribution in [-0.2, 0) is 21.2 Å². The van der Waals surface area contributed by atoms with E-state index in [1.54, 1.807) is 18.2 Å². The van der Waals surface area contributed by atoms with Crippen molar-refractivity contribution >= 4 is 43.2 Å². The van der Waals surface area contributed by atoms with Gasteiger partial charge >= 0.3 is 0 Å². The van der Waals surface area contributed by atoms with Crippen LogP contribution in [0.5, 0.6) is 11.5 Å². The molecule has 1 aliphatic rings. The van der Waals surface area contributed by atoms with E-state index < -0.39 is 10.0 Å². The Balaban J connectivity index is 2.16. The second-order valence-corrected chi connectivity index (χ2v) is 9.20. The number of halogens is 1. The summed E-state index contributed by atoms with van der Waals surface area (Å²) >= 11 is 3.39. The molecular formula is C19H21BrN2O5S. The van der Waals surface area contributed by atoms with Gasteiger partial charge in [-0.15, -0.1) is 0 Å². The Morgan fingerprint density at radius 1 is 1.18 bits per heavy atom. The van der Waals surface area contributed by atoms with E-state index in [4.69, 9.17) is 9.47 Å². The fourth-order valence-electron chi connectivity index (χ4n) is 3.30. The first-order chi connectivity index (χ1) is 13.2. The summed E-state index contributed by atoms with van der Waals surface area (Å²) in [6, 6.07) is 8.29. The second kappa shape index (κ2) is 7.63. The molecule has 0 spiro atoms. The molecule has 0 unspecified atom stereocenters. The lowest BCUT2D eigenvalue weighted by Crippen LogP contribution is -2.31. The van der Waals surface area contributed by atoms with E-state index in [1.807, 2.05) is 6.07 Å². The number of hydrogen-bond acceptors (Lipinski definition) is 5. The summed E-state index contributed by atoms with van der Waals surface area (Å²) in [7, 11) is 0.478. The molecule has 0 atom stereocenters. The van der Waals surface area contributed by atoms with Crippen molar-refractivity contribution in [2.45, 2.75) is 18.2 Å². The van der Waals surface area contributed by atoms with Crippen LogP contribution in [0.15, 0.2) is 39.7 Å². The van der Waals surface area contributed by atoms with Crippen LogP contribution in [-0.4, -0.2) is 42.1 Å². The van der Waals surface area contributed by atoms with Crippen molar-refractivity contribution < 1.29 is 22.7 Å². The SMILES string of the molecule is COc1ccc(N(C)S(=O)(=O)c2cc(Br)cc3c2N(C(C)=O)CC3)c(OC)c1. The van der Waals surface area contributed by atoms with Crippen LogP contribution in [0.25, 0.3) is 0 Å². The first-order valence-corrected chi connectivity index (χ1v) is 10.8. The van der Waals surface area contributed by atoms with Crippen molar-refractivity contribution in [3.05, 3.63) is 40.4 Å². The molecule has 0 aromatic heterocycles. The lowest BCUT2D eigenvalue weighted by atomic mass is 10.2. The number of nitrogens with zero attached hydrogens (tertiary/aromatic N) is 2. The number of carbonyl (C=O) groups is 1. The van der Waals surface area contributed by atoms with Gasteiger partial charge in [0.25, 0.3) is 10.0 Å². The van der Waals surface area contributed by atoms with Crippen LogP contribution in [0.4, 0.5) is 11.4 Å². The highest BCUT2D eigenvalue weighted by atomic mass is 79.9. The maximum atomic E-state index is 13.5. The van der Waals surface area contributed by atoms with Gasteiger partial charge in [-0.1, -0.05) is 15.9 Å². The summed E-state index contributed by atoms with van der Waals surface area (Å²) in [4.78, 5) is 13.6. The zero-order chi connectivity index (χ0) is 20.6. The molecule has 7 nitrogen and oxygen atoms in total. The summed E-state index contributed by atoms with van der Waals surface area (Å²) in [5.74, 6) is 0.722. The van der Waals surface area contributed by atoms with E-state index in [2.05, 4.69) is 15.9 Å². The van der Waals surface area contributed by atoms with E-state index in [9.17, 15) is 13.2 Å². The standard InChI is InChI=1S/C19H21BrN2O5S/c1-12(23)22-8-7-13-9-14(20)10-18(19(13)22)28(24,25)21(2)16-6-5-15(26-3)11-17(16)27-4/h5-6,9-11H,7-8H2,1-4H3. The quantitative estimate of drug-likeness (QED) is 0.673. The fraction of sp³-hybridized carbons (Fsp3) is 0.316. The molecule has 0 fully saturated rings. The molecule has 3 rings (SSSR count). The van der Waals surface area contributed by atoms with Crippen LogP contribution in [0.2, 0.25) is 0 Å². The molecule has 1 heterocycles. The predicted octanol–water partition coefficient (Wildman–Crippen LogP) is 3.20. The molecule has 28 heavy (non-hydrogen) atoms. The maximum absolute atomic E-state index is 13.5. The van der Waals surface area contributed by atoms with Gasteiger partial charge in [0.2, 0.25) is 5.91 Å². The van der Waals surface area contributed by atoms with Crippen molar-refractivity contribution in [1.82, 2.24) is 0 Å². The van der Waals surface area contributed by atoms with Gasteiger partial charge in [-0.2, -0.15) is 0 Å². The summed E-state index contributed by atoms with van der Waals surface area (Å²) in [5.41, 5.74) is 1.62. The van der Waals surface area contributed by atoms with Gasteiger partial charge in [-0.05, 0) is 36.2 Å². The monoisotopic (exact) mass is 468 g/mol. The predicted molar refractivity (Wildman–Crippen MR) is 111 cm³/mol. The summed E-state index contributed by atoms with van der Waals surface area (Å²) in [6.07, 6.45) is 0.604. The summed E-state index contributed by atoms with van der Waals surface area (Å²) < 4.78 is 39.4. The van der Waals surface area contributed by atoms with Gasteiger partial charge in [0.15, 0.2) is 0 Å². The van der Waals surface area contributed by atoms with Gasteiger partial charge in [-0.25, -0.2) is 8.42 Å². The molecule has 1 amide bonds. The molecule has 0 bridgehead atoms. The van der Waals surface area contributed by atoms with Crippen LogP contribution in [0.3, 0.4) is 0 Å². The van der Waals surface area contributed by atoms with E-state index in [-0.39, 0.29) is 10.8 Å². The third kappa shape index (κ3) is 3.44. The number of carbonyl (C=O) groups excluding carboxylic acids is 1. The number of rotatable bonds is 5. The molecule has 2 aromatic carbocycles. The average Bonchev–Trinajstić information content (AvgIpc) is 3.09. The second-order valence-electron chi connectivity index (χ2n) is 6.34. The molecule has 0 radical (unpaired) electrons. The zero-order valence-corrected chi connectivity index (χ0v) is 18.4. The number of fused-ring (bicyclic) bond motifs is 1. The van der Waals surface area contributed by atoms with Crippen LogP contribution >= 0.6 is 15.9 Å². The lowest BCUT2D eigenvalue weighted by molar-refractivity contribution is -0.116. The van der Waals surface area contributed by atoms with Crippen LogP contribution in [0.1, 0.15) is 12.5 Å². The highest BCUT2D eigenvalue weighted by Gasteiger charge is 2.34. The highest BCUT2D eigenvalue weighted by molar-refractivity contribution is 9.10. The highest BCUT2D eigenvalue weighted by Crippen LogP contribution is 2.41. The van der Waals surface area contributed by atoms with E-state index in [1.165, 1.54) is 39.2 Å². The van der Waals surface area contributed by atoms with E-state index in [0.717, 1.165) is 9.87 Å². The molecule has 0 N–H and O–H groups in total. The van der Waals surface area contributed by atoms with Crippen molar-refractivity contribution in [3.63, 3.8) is 0 Å². The number of methoxy groups -OCH3 is 2. The topological polar surface area (TPSA) is 76.2 Å². The Kier molecular flexibility index (Phi) is 5.58. The Morgan fingerprint density at radius 3 is 2.50 bits per heavy atom. The van der Waals surface area contributed by atoms with Gasteiger partial charge < -0.3 is 14.4 Å². The molecule has 2 aromatic rings. The van der Waals surface area contributed by atoms with Gasteiger partial charge in [0.1, 0.15) is 16.4 Å². The zero-order valence-electron chi connectivity index (χ0n) is 16.0. The molecule has 9 heteroatoms. The molecule has 1 aliphatic heterocycles. The van der Waals surface area contributed by atoms with Gasteiger partial charge in [0.05, 0.1) is 25.6 Å². The number of benzene rings is 2. The largest absolute Gasteiger partial charge is 0.497 e. The van der Waals surface area contributed by atoms with Crippen molar-refractivity contribution in [1.29, 1.82) is 0 Å². The van der Waals surface area contributed by atoms with Gasteiger partial charge in [-0.3, -0.25) is 9.10 Å². The van der Waals surface area contributed by atoms with E-state index in [0.29, 0.717) is 40.3 Å². The Hall–Kier alpha value is -2.26. The van der Waals surface area contributed by atoms with Gasteiger partial charge in [0, 0.05) is 31.1 Å². The minimum absolute atomic E-state index is 0.0740. The minimum atomic E-state index is -3.97. The number of ether oxygens (including phenoxy) is 2. The number of sulfonamides is 1. The Bertz CT molecular complexity index is 1040. The number of anilines is 2. The lowest BCUT2D eigenvalue weighted by Gasteiger charge is -2.25. The normalized spacial score (nSPS) is 13.2. The van der Waals surface area contributed by atoms with Crippen molar-refractivity contribution in [2.75, 3.05) is 37.0 Å². The molecule has 150 valence electrons. The van der Waals surface area contributed by atoms with E-state index >= 15 is 0 Å². The maximum Gasteiger partial charge on any atom is 0.266 e. The molecule has 0 saturated carbocycles. The van der Waals surface area contributed by atoms with Crippen molar-refractivity contribution in [2.24, 2.45) is 0 Å². The third-order valence-corrected chi connectivity index (χ3v) is 6.98. The fourth-order valence-corrected chi connectivity index (χ4v) is 5.43. The summed E-state index contributed by atoms with van der Waals surface area (Å²) in [5, 5.41) is 0. The summed E-state index contributed by atoms with van der Waals surface area (Å²) in [6.45, 7) is 1.89. The molecule has 0 saturated heterocycles. The number of amides is 1. The first-order valence-electron chi connectivity index (χ1n) is 8.52.